The van der Waals surface area contributed by atoms with E-state index in [-0.39, 0.29) is 0 Å². The van der Waals surface area contributed by atoms with Crippen molar-refractivity contribution in [3.63, 3.8) is 0 Å². The first-order valence-electron chi connectivity index (χ1n) is 6.76. The molecule has 0 radical (unpaired) electrons. The molecule has 0 saturated heterocycles. The third-order valence-corrected chi connectivity index (χ3v) is 5.94. The van der Waals surface area contributed by atoms with Crippen LogP contribution in [0.3, 0.4) is 0 Å². The second-order valence-electron chi connectivity index (χ2n) is 6.66. The third kappa shape index (κ3) is 1.04. The van der Waals surface area contributed by atoms with E-state index in [0.29, 0.717) is 0 Å². The van der Waals surface area contributed by atoms with Gasteiger partial charge < -0.3 is 0 Å². The minimum atomic E-state index is 0.740. The molecule has 0 N–H and O–H groups in total. The molecule has 3 saturated carbocycles. The van der Waals surface area contributed by atoms with Crippen LogP contribution >= 0.6 is 0 Å². The number of hydrogen-bond acceptors (Lipinski definition) is 0. The van der Waals surface area contributed by atoms with E-state index in [1.807, 2.05) is 0 Å². The summed E-state index contributed by atoms with van der Waals surface area (Å²) in [5, 5.41) is 0. The highest BCUT2D eigenvalue weighted by molar-refractivity contribution is 5.33. The topological polar surface area (TPSA) is 0 Å². The zero-order valence-electron chi connectivity index (χ0n) is 10.4. The molecule has 0 amide bonds. The lowest BCUT2D eigenvalue weighted by Crippen LogP contribution is -2.27. The highest BCUT2D eigenvalue weighted by Gasteiger charge is 2.73. The molecule has 0 heterocycles. The largest absolute Gasteiger partial charge is 0.0995 e. The Morgan fingerprint density at radius 1 is 1.33 bits per heavy atom. The summed E-state index contributed by atoms with van der Waals surface area (Å²) < 4.78 is 0. The fraction of sp³-hybridized carbons (Fsp3) is 0.867. The van der Waals surface area contributed by atoms with Crippen LogP contribution in [0, 0.1) is 35.0 Å². The van der Waals surface area contributed by atoms with Crippen molar-refractivity contribution in [3.05, 3.63) is 12.2 Å². The number of fused-ring (bicyclic) bond motifs is 1. The summed E-state index contributed by atoms with van der Waals surface area (Å²) >= 11 is 0. The van der Waals surface area contributed by atoms with Gasteiger partial charge in [0.15, 0.2) is 0 Å². The van der Waals surface area contributed by atoms with Gasteiger partial charge in [-0.05, 0) is 60.7 Å². The maximum Gasteiger partial charge on any atom is -0.0107 e. The molecule has 0 aromatic carbocycles. The maximum absolute atomic E-state index is 4.32. The van der Waals surface area contributed by atoms with Crippen LogP contribution in [-0.4, -0.2) is 0 Å². The molecule has 3 aliphatic carbocycles. The third-order valence-electron chi connectivity index (χ3n) is 5.94. The molecular weight excluding hydrogens is 180 g/mol. The summed E-state index contributed by atoms with van der Waals surface area (Å²) in [5.41, 5.74) is 2.34. The monoisotopic (exact) mass is 204 g/mol. The Morgan fingerprint density at radius 3 is 2.73 bits per heavy atom. The van der Waals surface area contributed by atoms with Gasteiger partial charge in [0.25, 0.3) is 0 Å². The second kappa shape index (κ2) is 2.90. The van der Waals surface area contributed by atoms with Crippen molar-refractivity contribution in [1.29, 1.82) is 0 Å². The van der Waals surface area contributed by atoms with Crippen molar-refractivity contribution in [3.8, 4) is 0 Å². The van der Waals surface area contributed by atoms with Crippen molar-refractivity contribution in [2.24, 2.45) is 35.0 Å². The van der Waals surface area contributed by atoms with E-state index in [2.05, 4.69) is 27.4 Å². The highest BCUT2D eigenvalue weighted by atomic mass is 14.8. The molecule has 1 unspecified atom stereocenters. The molecule has 0 aliphatic heterocycles. The molecule has 0 aromatic rings. The number of allylic oxidation sites excluding steroid dienone is 1. The summed E-state index contributed by atoms with van der Waals surface area (Å²) in [5.74, 6) is 4.83. The summed E-state index contributed by atoms with van der Waals surface area (Å²) in [4.78, 5) is 0. The van der Waals surface area contributed by atoms with E-state index in [1.165, 1.54) is 25.7 Å². The zero-order chi connectivity index (χ0) is 10.8. The van der Waals surface area contributed by atoms with Crippen molar-refractivity contribution >= 4 is 0 Å². The van der Waals surface area contributed by atoms with E-state index in [9.17, 15) is 0 Å². The van der Waals surface area contributed by atoms with Crippen LogP contribution < -0.4 is 0 Å². The normalized spacial score (nSPS) is 52.9. The van der Waals surface area contributed by atoms with Crippen LogP contribution in [0.5, 0.6) is 0 Å². The van der Waals surface area contributed by atoms with Gasteiger partial charge in [-0.15, -0.1) is 0 Å². The van der Waals surface area contributed by atoms with Gasteiger partial charge in [-0.2, -0.15) is 0 Å². The first-order valence-corrected chi connectivity index (χ1v) is 6.76. The Balaban J connectivity index is 1.91. The van der Waals surface area contributed by atoms with Crippen molar-refractivity contribution in [2.75, 3.05) is 0 Å². The fourth-order valence-electron chi connectivity index (χ4n) is 5.14. The summed E-state index contributed by atoms with van der Waals surface area (Å²) in [7, 11) is 0. The smallest absolute Gasteiger partial charge is 0.0107 e. The summed E-state index contributed by atoms with van der Waals surface area (Å²) in [6.07, 6.45) is 5.75. The van der Waals surface area contributed by atoms with E-state index >= 15 is 0 Å². The molecule has 84 valence electrons. The second-order valence-corrected chi connectivity index (χ2v) is 6.66. The molecule has 3 fully saturated rings. The Labute approximate surface area is 94.1 Å². The minimum Gasteiger partial charge on any atom is -0.0995 e. The first kappa shape index (κ1) is 9.93. The molecule has 5 atom stereocenters. The van der Waals surface area contributed by atoms with Crippen molar-refractivity contribution in [2.45, 2.75) is 46.5 Å². The molecule has 0 aromatic heterocycles. The molecule has 0 bridgehead atoms. The molecule has 0 nitrogen and oxygen atoms in total. The minimum absolute atomic E-state index is 0.740. The molecule has 1 spiro atoms. The molecule has 15 heavy (non-hydrogen) atoms. The molecule has 3 rings (SSSR count). The van der Waals surface area contributed by atoms with Crippen molar-refractivity contribution < 1.29 is 0 Å². The van der Waals surface area contributed by atoms with Gasteiger partial charge in [-0.1, -0.05) is 32.9 Å². The van der Waals surface area contributed by atoms with Crippen LogP contribution in [-0.2, 0) is 0 Å². The lowest BCUT2D eigenvalue weighted by molar-refractivity contribution is 0.142. The van der Waals surface area contributed by atoms with Gasteiger partial charge in [0, 0.05) is 0 Å². The maximum atomic E-state index is 4.32. The Hall–Kier alpha value is -0.260. The Morgan fingerprint density at radius 2 is 2.07 bits per heavy atom. The van der Waals surface area contributed by atoms with Crippen LogP contribution in [0.2, 0.25) is 0 Å². The molecule has 0 heteroatoms. The number of hydrogen-bond donors (Lipinski definition) is 0. The predicted molar refractivity (Wildman–Crippen MR) is 64.5 cm³/mol. The van der Waals surface area contributed by atoms with E-state index in [0.717, 1.165) is 35.0 Å². The van der Waals surface area contributed by atoms with Gasteiger partial charge >= 0.3 is 0 Å². The lowest BCUT2D eigenvalue weighted by atomic mass is 9.70. The van der Waals surface area contributed by atoms with Gasteiger partial charge in [0.2, 0.25) is 0 Å². The van der Waals surface area contributed by atoms with Crippen LogP contribution in [0.1, 0.15) is 46.5 Å². The summed E-state index contributed by atoms with van der Waals surface area (Å²) in [6, 6.07) is 0. The summed E-state index contributed by atoms with van der Waals surface area (Å²) in [6.45, 7) is 11.7. The number of rotatable bonds is 1. The van der Waals surface area contributed by atoms with E-state index in [1.54, 1.807) is 5.57 Å². The Bertz CT molecular complexity index is 301. The van der Waals surface area contributed by atoms with Gasteiger partial charge in [0.1, 0.15) is 0 Å². The van der Waals surface area contributed by atoms with E-state index < -0.39 is 0 Å². The first-order chi connectivity index (χ1) is 7.09. The standard InChI is InChI=1S/C15H24/c1-9(2)12-6-5-11(4)15-8-7-10(3)13(15)14(12)15/h9,11-14H,3,5-8H2,1-2,4H3/t11-,12+,13+,14?,15-/m1/s1. The van der Waals surface area contributed by atoms with Crippen LogP contribution in [0.25, 0.3) is 0 Å². The van der Waals surface area contributed by atoms with Crippen LogP contribution in [0.4, 0.5) is 0 Å². The molecule has 3 aliphatic rings. The SMILES string of the molecule is C=C1CC[C@@]23C([C@H](C(C)C)CC[C@H]2C)[C@H]13. The van der Waals surface area contributed by atoms with Gasteiger partial charge in [-0.25, -0.2) is 0 Å². The van der Waals surface area contributed by atoms with Gasteiger partial charge in [0.05, 0.1) is 0 Å². The Kier molecular flexibility index (Phi) is 1.92. The molecular formula is C15H24. The quantitative estimate of drug-likeness (QED) is 0.559. The average Bonchev–Trinajstić information content (AvgIpc) is 2.75. The predicted octanol–water partition coefficient (Wildman–Crippen LogP) is 4.27. The zero-order valence-corrected chi connectivity index (χ0v) is 10.4. The van der Waals surface area contributed by atoms with Crippen LogP contribution in [0.15, 0.2) is 12.2 Å². The highest BCUT2D eigenvalue weighted by Crippen LogP contribution is 2.79. The van der Waals surface area contributed by atoms with Gasteiger partial charge in [-0.3, -0.25) is 0 Å². The van der Waals surface area contributed by atoms with Crippen molar-refractivity contribution in [1.82, 2.24) is 0 Å². The lowest BCUT2D eigenvalue weighted by Gasteiger charge is -2.35. The fourth-order valence-corrected chi connectivity index (χ4v) is 5.14. The average molecular weight is 204 g/mol. The van der Waals surface area contributed by atoms with E-state index in [4.69, 9.17) is 0 Å².